The SMILES string of the molecule is Cc1cc(-c2cn(CCN(C)C)c(C3CCN(c4ncnc(N)c4C#N)CC3F)n2)ccc1F. The zero-order valence-electron chi connectivity index (χ0n) is 19.5. The lowest BCUT2D eigenvalue weighted by atomic mass is 9.93. The van der Waals surface area contributed by atoms with Crippen LogP contribution < -0.4 is 10.6 Å². The summed E-state index contributed by atoms with van der Waals surface area (Å²) in [5.41, 5.74) is 8.01. The minimum Gasteiger partial charge on any atom is -0.382 e. The molecule has 4 rings (SSSR count). The molecule has 1 saturated heterocycles. The van der Waals surface area contributed by atoms with Crippen LogP contribution in [0.25, 0.3) is 11.3 Å². The van der Waals surface area contributed by atoms with Crippen LogP contribution in [0.3, 0.4) is 0 Å². The fourth-order valence-corrected chi connectivity index (χ4v) is 4.28. The molecule has 1 aliphatic heterocycles. The summed E-state index contributed by atoms with van der Waals surface area (Å²) in [6, 6.07) is 6.91. The van der Waals surface area contributed by atoms with Gasteiger partial charge in [-0.15, -0.1) is 0 Å². The second kappa shape index (κ2) is 9.73. The number of halogens is 2. The Morgan fingerprint density at radius 1 is 1.29 bits per heavy atom. The lowest BCUT2D eigenvalue weighted by Gasteiger charge is -2.35. The van der Waals surface area contributed by atoms with E-state index in [2.05, 4.69) is 14.9 Å². The second-order valence-electron chi connectivity index (χ2n) is 8.87. The van der Waals surface area contributed by atoms with Gasteiger partial charge in [-0.05, 0) is 51.2 Å². The van der Waals surface area contributed by atoms with Gasteiger partial charge in [-0.1, -0.05) is 0 Å². The Labute approximate surface area is 197 Å². The molecule has 0 saturated carbocycles. The van der Waals surface area contributed by atoms with E-state index in [0.29, 0.717) is 42.4 Å². The van der Waals surface area contributed by atoms with Crippen LogP contribution in [0.1, 0.15) is 29.3 Å². The Morgan fingerprint density at radius 2 is 2.09 bits per heavy atom. The molecule has 0 bridgehead atoms. The molecule has 2 N–H and O–H groups in total. The number of imidazole rings is 1. The molecule has 0 amide bonds. The third kappa shape index (κ3) is 4.70. The van der Waals surface area contributed by atoms with Gasteiger partial charge in [0.25, 0.3) is 0 Å². The number of piperidine rings is 1. The molecule has 0 radical (unpaired) electrons. The summed E-state index contributed by atoms with van der Waals surface area (Å²) in [4.78, 5) is 16.7. The first kappa shape index (κ1) is 23.6. The van der Waals surface area contributed by atoms with Gasteiger partial charge in [-0.2, -0.15) is 5.26 Å². The highest BCUT2D eigenvalue weighted by Gasteiger charge is 2.35. The zero-order chi connectivity index (χ0) is 24.4. The van der Waals surface area contributed by atoms with Crippen molar-refractivity contribution in [3.63, 3.8) is 0 Å². The second-order valence-corrected chi connectivity index (χ2v) is 8.87. The highest BCUT2D eigenvalue weighted by Crippen LogP contribution is 2.35. The summed E-state index contributed by atoms with van der Waals surface area (Å²) < 4.78 is 31.4. The van der Waals surface area contributed by atoms with Crippen molar-refractivity contribution in [2.24, 2.45) is 0 Å². The maximum absolute atomic E-state index is 15.6. The number of aryl methyl sites for hydroxylation is 1. The van der Waals surface area contributed by atoms with Crippen LogP contribution >= 0.6 is 0 Å². The van der Waals surface area contributed by atoms with Crippen LogP contribution in [0.4, 0.5) is 20.4 Å². The number of nitrogen functional groups attached to an aromatic ring is 1. The number of nitriles is 1. The summed E-state index contributed by atoms with van der Waals surface area (Å²) in [7, 11) is 3.97. The van der Waals surface area contributed by atoms with Gasteiger partial charge in [-0.25, -0.2) is 23.7 Å². The molecule has 2 aromatic heterocycles. The molecule has 1 aromatic carbocycles. The van der Waals surface area contributed by atoms with Gasteiger partial charge < -0.3 is 20.1 Å². The number of nitrogens with two attached hydrogens (primary N) is 1. The average Bonchev–Trinajstić information content (AvgIpc) is 3.23. The molecule has 34 heavy (non-hydrogen) atoms. The minimum absolute atomic E-state index is 0.0708. The Kier molecular flexibility index (Phi) is 6.75. The molecule has 178 valence electrons. The van der Waals surface area contributed by atoms with E-state index in [9.17, 15) is 9.65 Å². The Morgan fingerprint density at radius 3 is 2.76 bits per heavy atom. The molecule has 3 aromatic rings. The summed E-state index contributed by atoms with van der Waals surface area (Å²) in [5.74, 6) is 0.430. The Bertz CT molecular complexity index is 1220. The van der Waals surface area contributed by atoms with Crippen LogP contribution in [0, 0.1) is 24.1 Å². The summed E-state index contributed by atoms with van der Waals surface area (Å²) in [6.07, 6.45) is 2.48. The van der Waals surface area contributed by atoms with E-state index in [1.54, 1.807) is 24.0 Å². The zero-order valence-corrected chi connectivity index (χ0v) is 19.5. The van der Waals surface area contributed by atoms with Crippen molar-refractivity contribution >= 4 is 11.6 Å². The number of rotatable bonds is 6. The molecule has 0 spiro atoms. The predicted molar refractivity (Wildman–Crippen MR) is 127 cm³/mol. The van der Waals surface area contributed by atoms with Gasteiger partial charge in [0.1, 0.15) is 41.6 Å². The molecule has 2 unspecified atom stereocenters. The molecular weight excluding hydrogens is 438 g/mol. The van der Waals surface area contributed by atoms with Crippen molar-refractivity contribution in [1.29, 1.82) is 5.26 Å². The quantitative estimate of drug-likeness (QED) is 0.596. The maximum Gasteiger partial charge on any atom is 0.152 e. The van der Waals surface area contributed by atoms with Crippen molar-refractivity contribution in [2.45, 2.75) is 32.0 Å². The van der Waals surface area contributed by atoms with Gasteiger partial charge in [0.05, 0.1) is 18.2 Å². The van der Waals surface area contributed by atoms with E-state index < -0.39 is 12.1 Å². The third-order valence-corrected chi connectivity index (χ3v) is 6.19. The van der Waals surface area contributed by atoms with E-state index in [4.69, 9.17) is 10.7 Å². The predicted octanol–water partition coefficient (Wildman–Crippen LogP) is 3.14. The Hall–Kier alpha value is -3.58. The fourth-order valence-electron chi connectivity index (χ4n) is 4.28. The molecule has 1 aliphatic rings. The largest absolute Gasteiger partial charge is 0.382 e. The molecule has 8 nitrogen and oxygen atoms in total. The standard InChI is InChI=1S/C24H28F2N8/c1-15-10-16(4-5-19(15)25)21-13-34(9-8-32(2)3)24(31-21)17-6-7-33(12-20(17)26)23-18(11-27)22(28)29-14-30-23/h4-5,10,13-14,17,20H,6-9,12H2,1-3H3,(H2,28,29,30). The van der Waals surface area contributed by atoms with Gasteiger partial charge >= 0.3 is 0 Å². The lowest BCUT2D eigenvalue weighted by molar-refractivity contribution is 0.237. The number of anilines is 2. The molecule has 3 heterocycles. The third-order valence-electron chi connectivity index (χ3n) is 6.19. The number of benzene rings is 1. The van der Waals surface area contributed by atoms with Crippen LogP contribution in [0.2, 0.25) is 0 Å². The Balaban J connectivity index is 1.63. The first-order valence-electron chi connectivity index (χ1n) is 11.2. The summed E-state index contributed by atoms with van der Waals surface area (Å²) in [6.45, 7) is 3.71. The van der Waals surface area contributed by atoms with Crippen molar-refractivity contribution < 1.29 is 8.78 Å². The number of alkyl halides is 1. The number of aromatic nitrogens is 4. The number of hydrogen-bond acceptors (Lipinski definition) is 7. The highest BCUT2D eigenvalue weighted by molar-refractivity contribution is 5.64. The monoisotopic (exact) mass is 466 g/mol. The number of hydrogen-bond donors (Lipinski definition) is 1. The van der Waals surface area contributed by atoms with Crippen molar-refractivity contribution in [3.05, 3.63) is 53.5 Å². The normalized spacial score (nSPS) is 18.3. The first-order chi connectivity index (χ1) is 16.3. The van der Waals surface area contributed by atoms with Crippen molar-refractivity contribution in [1.82, 2.24) is 24.4 Å². The van der Waals surface area contributed by atoms with Crippen LogP contribution in [0.5, 0.6) is 0 Å². The van der Waals surface area contributed by atoms with Gasteiger partial charge in [-0.3, -0.25) is 0 Å². The van der Waals surface area contributed by atoms with Crippen LogP contribution in [-0.2, 0) is 6.54 Å². The van der Waals surface area contributed by atoms with E-state index in [0.717, 1.165) is 12.1 Å². The molecule has 10 heteroatoms. The number of likely N-dealkylation sites (N-methyl/N-ethyl adjacent to an activating group) is 1. The topological polar surface area (TPSA) is 99.9 Å². The van der Waals surface area contributed by atoms with Gasteiger partial charge in [0, 0.05) is 31.4 Å². The number of nitrogens with zero attached hydrogens (tertiary/aromatic N) is 7. The molecule has 1 fully saturated rings. The summed E-state index contributed by atoms with van der Waals surface area (Å²) in [5, 5.41) is 9.44. The van der Waals surface area contributed by atoms with Crippen molar-refractivity contribution in [2.75, 3.05) is 44.4 Å². The van der Waals surface area contributed by atoms with Gasteiger partial charge in [0.15, 0.2) is 5.82 Å². The minimum atomic E-state index is -1.22. The van der Waals surface area contributed by atoms with Gasteiger partial charge in [0.2, 0.25) is 0 Å². The van der Waals surface area contributed by atoms with E-state index >= 15 is 4.39 Å². The first-order valence-corrected chi connectivity index (χ1v) is 11.2. The maximum atomic E-state index is 15.6. The highest BCUT2D eigenvalue weighted by atomic mass is 19.1. The van der Waals surface area contributed by atoms with E-state index in [1.165, 1.54) is 12.4 Å². The van der Waals surface area contributed by atoms with Crippen LogP contribution in [0.15, 0.2) is 30.7 Å². The molecular formula is C24H28F2N8. The van der Waals surface area contributed by atoms with Crippen molar-refractivity contribution in [3.8, 4) is 17.3 Å². The van der Waals surface area contributed by atoms with E-state index in [-0.39, 0.29) is 23.7 Å². The van der Waals surface area contributed by atoms with Crippen LogP contribution in [-0.4, -0.2) is 64.3 Å². The summed E-state index contributed by atoms with van der Waals surface area (Å²) >= 11 is 0. The van der Waals surface area contributed by atoms with E-state index in [1.807, 2.05) is 30.9 Å². The smallest absolute Gasteiger partial charge is 0.152 e. The fraction of sp³-hybridized carbons (Fsp3) is 0.417. The lowest BCUT2D eigenvalue weighted by Crippen LogP contribution is -2.42. The molecule has 0 aliphatic carbocycles. The molecule has 2 atom stereocenters. The average molecular weight is 467 g/mol.